The number of nitrogens with two attached hydrogens (primary N) is 1. The Bertz CT molecular complexity index is 1770. The first-order chi connectivity index (χ1) is 17.7. The largest absolute Gasteiger partial charge is 0.368 e. The first kappa shape index (κ1) is 24.8. The first-order valence-electron chi connectivity index (χ1n) is 10.4. The van der Waals surface area contributed by atoms with Crippen LogP contribution in [-0.4, -0.2) is 49.9 Å². The van der Waals surface area contributed by atoms with E-state index in [2.05, 4.69) is 35.9 Å². The molecule has 0 spiro atoms. The Morgan fingerprint density at radius 2 is 1.86 bits per heavy atom. The van der Waals surface area contributed by atoms with Gasteiger partial charge >= 0.3 is 0 Å². The number of hydrogen-bond donors (Lipinski definition) is 4. The van der Waals surface area contributed by atoms with Crippen LogP contribution in [0.25, 0.3) is 21.4 Å². The maximum absolute atomic E-state index is 13.0. The third-order valence-electron chi connectivity index (χ3n) is 4.94. The molecule has 0 bridgehead atoms. The topological polar surface area (TPSA) is 170 Å². The number of carbonyl (C=O) groups is 1. The van der Waals surface area contributed by atoms with Gasteiger partial charge in [-0.15, -0.1) is 0 Å². The number of nitrogens with one attached hydrogen (secondary N) is 3. The number of nitrogens with zero attached hydrogens (tertiary/aromatic N) is 5. The van der Waals surface area contributed by atoms with Crippen LogP contribution in [0.1, 0.15) is 0 Å². The van der Waals surface area contributed by atoms with Crippen LogP contribution in [0, 0.1) is 0 Å². The highest BCUT2D eigenvalue weighted by Crippen LogP contribution is 2.30. The van der Waals surface area contributed by atoms with Crippen molar-refractivity contribution in [3.05, 3.63) is 59.9 Å². The molecule has 0 aliphatic heterocycles. The van der Waals surface area contributed by atoms with Crippen molar-refractivity contribution in [2.24, 2.45) is 0 Å². The second-order valence-corrected chi connectivity index (χ2v) is 11.1. The molecule has 0 unspecified atom stereocenters. The number of halogens is 1. The number of carbonyl (C=O) groups excluding carboxylic acids is 1. The predicted molar refractivity (Wildman–Crippen MR) is 146 cm³/mol. The summed E-state index contributed by atoms with van der Waals surface area (Å²) in [5.41, 5.74) is 6.52. The summed E-state index contributed by atoms with van der Waals surface area (Å²) in [5.74, 6) is -0.621. The summed E-state index contributed by atoms with van der Waals surface area (Å²) in [5, 5.41) is 9.20. The zero-order chi connectivity index (χ0) is 26.2. The molecule has 16 heteroatoms. The number of hydrogen-bond acceptors (Lipinski definition) is 11. The number of amides is 1. The average molecular weight is 574 g/mol. The molecular formula is C21H16ClN9O3S3. The monoisotopic (exact) mass is 573 g/mol. The van der Waals surface area contributed by atoms with Gasteiger partial charge in [-0.05, 0) is 36.5 Å². The van der Waals surface area contributed by atoms with Crippen LogP contribution in [0.5, 0.6) is 0 Å². The highest BCUT2D eigenvalue weighted by molar-refractivity contribution is 7.90. The summed E-state index contributed by atoms with van der Waals surface area (Å²) in [6.07, 6.45) is 1.11. The van der Waals surface area contributed by atoms with E-state index in [1.54, 1.807) is 24.3 Å². The van der Waals surface area contributed by atoms with E-state index < -0.39 is 15.9 Å². The van der Waals surface area contributed by atoms with E-state index in [4.69, 9.17) is 29.6 Å². The van der Waals surface area contributed by atoms with Crippen LogP contribution in [0.3, 0.4) is 0 Å². The Morgan fingerprint density at radius 3 is 2.62 bits per heavy atom. The van der Waals surface area contributed by atoms with E-state index in [-0.39, 0.29) is 39.5 Å². The molecule has 188 valence electrons. The molecule has 0 aliphatic carbocycles. The minimum Gasteiger partial charge on any atom is -0.368 e. The van der Waals surface area contributed by atoms with E-state index in [0.29, 0.717) is 15.7 Å². The second-order valence-electron chi connectivity index (χ2n) is 7.42. The standard InChI is InChI=1S/C21H16ClN9O3S3/c22-12-7-4-8-13-15(12)27-21(36-13)30-20(35)26-14(32)9-24-17-16-18(29-19(23)28-17)31(10-25-16)37(33,34)11-5-2-1-3-6-11/h1-8,10H,9H2,(H3,23,24,28,29)(H2,26,27,30,32,35). The number of thiocarbonyl (C=S) groups is 1. The third-order valence-corrected chi connectivity index (χ3v) is 8.04. The first-order valence-corrected chi connectivity index (χ1v) is 13.5. The molecule has 37 heavy (non-hydrogen) atoms. The van der Waals surface area contributed by atoms with Crippen molar-refractivity contribution in [2.45, 2.75) is 4.90 Å². The van der Waals surface area contributed by atoms with E-state index in [0.717, 1.165) is 15.0 Å². The molecule has 5 aromatic rings. The summed E-state index contributed by atoms with van der Waals surface area (Å²) in [7, 11) is -3.98. The fourth-order valence-corrected chi connectivity index (χ4v) is 6.03. The Balaban J connectivity index is 1.29. The summed E-state index contributed by atoms with van der Waals surface area (Å²) >= 11 is 12.7. The Labute approximate surface area is 224 Å². The third kappa shape index (κ3) is 5.01. The normalized spacial score (nSPS) is 11.5. The number of thiazole rings is 1. The van der Waals surface area contributed by atoms with E-state index in [1.165, 1.54) is 23.5 Å². The maximum atomic E-state index is 13.0. The number of para-hydroxylation sites is 1. The van der Waals surface area contributed by atoms with Gasteiger partial charge in [0, 0.05) is 0 Å². The molecule has 2 aromatic carbocycles. The van der Waals surface area contributed by atoms with Gasteiger partial charge in [0.05, 0.1) is 21.2 Å². The molecule has 0 saturated heterocycles. The average Bonchev–Trinajstić information content (AvgIpc) is 3.48. The fourth-order valence-electron chi connectivity index (χ4n) is 3.33. The summed E-state index contributed by atoms with van der Waals surface area (Å²) in [6, 6.07) is 13.2. The Kier molecular flexibility index (Phi) is 6.59. The van der Waals surface area contributed by atoms with Crippen molar-refractivity contribution in [3.8, 4) is 0 Å². The molecule has 5 rings (SSSR count). The summed E-state index contributed by atoms with van der Waals surface area (Å²) in [4.78, 5) is 29.1. The smallest absolute Gasteiger partial charge is 0.270 e. The van der Waals surface area contributed by atoms with Gasteiger partial charge in [0.2, 0.25) is 11.9 Å². The highest BCUT2D eigenvalue weighted by atomic mass is 35.5. The van der Waals surface area contributed by atoms with Crippen LogP contribution >= 0.6 is 35.2 Å². The Morgan fingerprint density at radius 1 is 1.08 bits per heavy atom. The van der Waals surface area contributed by atoms with Crippen LogP contribution < -0.4 is 21.7 Å². The van der Waals surface area contributed by atoms with E-state index in [1.807, 2.05) is 12.1 Å². The number of benzene rings is 2. The van der Waals surface area contributed by atoms with Gasteiger partial charge in [0.15, 0.2) is 27.2 Å². The van der Waals surface area contributed by atoms with Crippen molar-refractivity contribution >= 4 is 94.5 Å². The minimum absolute atomic E-state index is 0.0348. The quantitative estimate of drug-likeness (QED) is 0.220. The fraction of sp³-hybridized carbons (Fsp3) is 0.0476. The molecule has 0 saturated carbocycles. The van der Waals surface area contributed by atoms with Crippen molar-refractivity contribution in [1.82, 2.24) is 29.2 Å². The van der Waals surface area contributed by atoms with Crippen molar-refractivity contribution in [1.29, 1.82) is 0 Å². The van der Waals surface area contributed by atoms with E-state index >= 15 is 0 Å². The van der Waals surface area contributed by atoms with Crippen LogP contribution in [0.4, 0.5) is 16.9 Å². The molecule has 0 atom stereocenters. The molecule has 3 aromatic heterocycles. The number of aromatic nitrogens is 5. The number of imidazole rings is 1. The van der Waals surface area contributed by atoms with Gasteiger partial charge in [-0.3, -0.25) is 4.79 Å². The van der Waals surface area contributed by atoms with Crippen molar-refractivity contribution in [2.75, 3.05) is 22.9 Å². The number of nitrogen functional groups attached to an aromatic ring is 1. The zero-order valence-corrected chi connectivity index (χ0v) is 21.7. The van der Waals surface area contributed by atoms with Gasteiger partial charge in [0.1, 0.15) is 11.8 Å². The van der Waals surface area contributed by atoms with Crippen LogP contribution in [0.2, 0.25) is 5.02 Å². The molecular weight excluding hydrogens is 558 g/mol. The highest BCUT2D eigenvalue weighted by Gasteiger charge is 2.23. The molecule has 0 fully saturated rings. The molecule has 12 nitrogen and oxygen atoms in total. The lowest BCUT2D eigenvalue weighted by Crippen LogP contribution is -2.37. The SMILES string of the molecule is Nc1nc(NCC(=O)NC(=S)Nc2nc3c(Cl)cccc3s2)c2ncn(S(=O)(=O)c3ccccc3)c2n1. The van der Waals surface area contributed by atoms with Crippen LogP contribution in [0.15, 0.2) is 59.8 Å². The lowest BCUT2D eigenvalue weighted by Gasteiger charge is -2.10. The molecule has 5 N–H and O–H groups in total. The number of rotatable bonds is 6. The molecule has 3 heterocycles. The number of anilines is 3. The Hall–Kier alpha value is -3.92. The van der Waals surface area contributed by atoms with E-state index in [9.17, 15) is 13.2 Å². The second kappa shape index (κ2) is 9.85. The summed E-state index contributed by atoms with van der Waals surface area (Å²) in [6.45, 7) is -0.267. The lowest BCUT2D eigenvalue weighted by molar-refractivity contribution is -0.118. The van der Waals surface area contributed by atoms with Gasteiger partial charge in [-0.2, -0.15) is 9.97 Å². The predicted octanol–water partition coefficient (Wildman–Crippen LogP) is 2.83. The van der Waals surface area contributed by atoms with Gasteiger partial charge in [-0.1, -0.05) is 47.2 Å². The zero-order valence-electron chi connectivity index (χ0n) is 18.5. The van der Waals surface area contributed by atoms with Gasteiger partial charge in [0.25, 0.3) is 10.0 Å². The maximum Gasteiger partial charge on any atom is 0.270 e. The lowest BCUT2D eigenvalue weighted by atomic mass is 10.3. The van der Waals surface area contributed by atoms with Gasteiger partial charge < -0.3 is 21.7 Å². The number of fused-ring (bicyclic) bond motifs is 2. The minimum atomic E-state index is -3.98. The van der Waals surface area contributed by atoms with Crippen LogP contribution in [-0.2, 0) is 14.8 Å². The van der Waals surface area contributed by atoms with Crippen molar-refractivity contribution < 1.29 is 13.2 Å². The molecule has 0 radical (unpaired) electrons. The van der Waals surface area contributed by atoms with Gasteiger partial charge in [-0.25, -0.2) is 22.4 Å². The molecule has 0 aliphatic rings. The molecule has 1 amide bonds. The summed E-state index contributed by atoms with van der Waals surface area (Å²) < 4.78 is 27.9. The van der Waals surface area contributed by atoms with Crippen molar-refractivity contribution in [3.63, 3.8) is 0 Å².